The molecule has 4 aromatic heterocycles. The fourth-order valence-corrected chi connectivity index (χ4v) is 4.64. The maximum atomic E-state index is 12.6. The highest BCUT2D eigenvalue weighted by atomic mass is 32.1. The summed E-state index contributed by atoms with van der Waals surface area (Å²) in [4.78, 5) is 18.6. The van der Waals surface area contributed by atoms with Gasteiger partial charge in [-0.2, -0.15) is 5.10 Å². The van der Waals surface area contributed by atoms with Crippen LogP contribution in [0.4, 0.5) is 0 Å². The van der Waals surface area contributed by atoms with E-state index in [9.17, 15) is 4.79 Å². The van der Waals surface area contributed by atoms with E-state index in [0.717, 1.165) is 54.3 Å². The second kappa shape index (κ2) is 8.41. The summed E-state index contributed by atoms with van der Waals surface area (Å²) in [6, 6.07) is 7.80. The average Bonchev–Trinajstić information content (AvgIpc) is 3.52. The summed E-state index contributed by atoms with van der Waals surface area (Å²) in [6.07, 6.45) is 11.8. The number of ether oxygens (including phenoxy) is 1. The molecule has 1 N–H and O–H groups in total. The first-order chi connectivity index (χ1) is 14.7. The smallest absolute Gasteiger partial charge is 0.261 e. The molecule has 0 bridgehead atoms. The van der Waals surface area contributed by atoms with Crippen molar-refractivity contribution in [2.45, 2.75) is 25.9 Å². The molecule has 0 saturated carbocycles. The van der Waals surface area contributed by atoms with Crippen LogP contribution in [0.3, 0.4) is 0 Å². The van der Waals surface area contributed by atoms with Gasteiger partial charge in [0.2, 0.25) is 0 Å². The Hall–Kier alpha value is -2.97. The van der Waals surface area contributed by atoms with Gasteiger partial charge in [-0.25, -0.2) is 4.98 Å². The van der Waals surface area contributed by atoms with Crippen molar-refractivity contribution in [3.05, 3.63) is 65.7 Å². The predicted octanol–water partition coefficient (Wildman–Crippen LogP) is 3.62. The van der Waals surface area contributed by atoms with Gasteiger partial charge in [0.1, 0.15) is 5.65 Å². The Labute approximate surface area is 178 Å². The third kappa shape index (κ3) is 4.15. The summed E-state index contributed by atoms with van der Waals surface area (Å²) >= 11 is 1.49. The maximum absolute atomic E-state index is 12.6. The molecule has 0 unspecified atom stereocenters. The first-order valence-electron chi connectivity index (χ1n) is 10.1. The largest absolute Gasteiger partial charge is 0.381 e. The van der Waals surface area contributed by atoms with E-state index in [1.54, 1.807) is 6.20 Å². The van der Waals surface area contributed by atoms with Crippen molar-refractivity contribution in [3.8, 4) is 10.4 Å². The lowest BCUT2D eigenvalue weighted by Crippen LogP contribution is -2.21. The molecule has 1 aliphatic rings. The van der Waals surface area contributed by atoms with E-state index >= 15 is 0 Å². The summed E-state index contributed by atoms with van der Waals surface area (Å²) in [5.41, 5.74) is 2.97. The Morgan fingerprint density at radius 1 is 1.20 bits per heavy atom. The molecule has 30 heavy (non-hydrogen) atoms. The van der Waals surface area contributed by atoms with Crippen molar-refractivity contribution in [1.29, 1.82) is 0 Å². The van der Waals surface area contributed by atoms with E-state index in [2.05, 4.69) is 21.6 Å². The number of hydrogen-bond donors (Lipinski definition) is 1. The standard InChI is InChI=1S/C22H23N5O2S/c28-22(24-11-17-1-4-21-23-7-8-26(21)13-17)20-3-2-19(30-20)18-12-25-27(15-18)14-16-5-9-29-10-6-16/h1-4,7-8,12-13,15-16H,5-6,9-11,14H2,(H,24,28). The average molecular weight is 422 g/mol. The fourth-order valence-electron chi connectivity index (χ4n) is 3.74. The molecule has 0 spiro atoms. The molecule has 5 rings (SSSR count). The molecular formula is C22H23N5O2S. The van der Waals surface area contributed by atoms with Gasteiger partial charge in [0.05, 0.1) is 11.1 Å². The second-order valence-corrected chi connectivity index (χ2v) is 8.67. The van der Waals surface area contributed by atoms with Crippen LogP contribution in [-0.2, 0) is 17.8 Å². The summed E-state index contributed by atoms with van der Waals surface area (Å²) in [6.45, 7) is 3.09. The van der Waals surface area contributed by atoms with Crippen LogP contribution in [0.25, 0.3) is 16.1 Å². The van der Waals surface area contributed by atoms with Crippen LogP contribution in [0.2, 0.25) is 0 Å². The number of nitrogens with zero attached hydrogens (tertiary/aromatic N) is 4. The van der Waals surface area contributed by atoms with E-state index in [0.29, 0.717) is 17.3 Å². The zero-order chi connectivity index (χ0) is 20.3. The second-order valence-electron chi connectivity index (χ2n) is 7.58. The van der Waals surface area contributed by atoms with E-state index in [1.807, 2.05) is 51.9 Å². The molecule has 0 atom stereocenters. The van der Waals surface area contributed by atoms with Crippen LogP contribution >= 0.6 is 11.3 Å². The molecule has 154 valence electrons. The minimum Gasteiger partial charge on any atom is -0.381 e. The van der Waals surface area contributed by atoms with Crippen molar-refractivity contribution < 1.29 is 9.53 Å². The predicted molar refractivity (Wildman–Crippen MR) is 115 cm³/mol. The molecule has 1 saturated heterocycles. The lowest BCUT2D eigenvalue weighted by atomic mass is 10.0. The molecule has 1 amide bonds. The first-order valence-corrected chi connectivity index (χ1v) is 11.0. The van der Waals surface area contributed by atoms with Crippen LogP contribution in [0.5, 0.6) is 0 Å². The van der Waals surface area contributed by atoms with E-state index < -0.39 is 0 Å². The Kier molecular flexibility index (Phi) is 5.33. The van der Waals surface area contributed by atoms with Crippen molar-refractivity contribution in [2.75, 3.05) is 13.2 Å². The zero-order valence-electron chi connectivity index (χ0n) is 16.5. The third-order valence-corrected chi connectivity index (χ3v) is 6.57. The zero-order valence-corrected chi connectivity index (χ0v) is 17.3. The Morgan fingerprint density at radius 2 is 2.10 bits per heavy atom. The summed E-state index contributed by atoms with van der Waals surface area (Å²) in [5, 5.41) is 7.51. The highest BCUT2D eigenvalue weighted by molar-refractivity contribution is 7.17. The number of thiophene rings is 1. The van der Waals surface area contributed by atoms with Crippen LogP contribution < -0.4 is 5.32 Å². The maximum Gasteiger partial charge on any atom is 0.261 e. The number of aromatic nitrogens is 4. The van der Waals surface area contributed by atoms with Gasteiger partial charge in [0.15, 0.2) is 0 Å². The molecule has 7 nitrogen and oxygen atoms in total. The van der Waals surface area contributed by atoms with Crippen LogP contribution in [-0.4, -0.2) is 38.3 Å². The lowest BCUT2D eigenvalue weighted by molar-refractivity contribution is 0.0601. The molecule has 5 heterocycles. The number of rotatable bonds is 6. The van der Waals surface area contributed by atoms with Gasteiger partial charge in [-0.15, -0.1) is 11.3 Å². The quantitative estimate of drug-likeness (QED) is 0.516. The number of pyridine rings is 1. The van der Waals surface area contributed by atoms with Gasteiger partial charge >= 0.3 is 0 Å². The molecule has 0 aromatic carbocycles. The topological polar surface area (TPSA) is 73.5 Å². The normalized spacial score (nSPS) is 14.9. The van der Waals surface area contributed by atoms with Gasteiger partial charge in [-0.05, 0) is 42.5 Å². The van der Waals surface area contributed by atoms with E-state index in [4.69, 9.17) is 4.74 Å². The van der Waals surface area contributed by atoms with Crippen molar-refractivity contribution in [3.63, 3.8) is 0 Å². The summed E-state index contributed by atoms with van der Waals surface area (Å²) < 4.78 is 9.39. The van der Waals surface area contributed by atoms with Gasteiger partial charge in [-0.1, -0.05) is 6.07 Å². The van der Waals surface area contributed by atoms with E-state index in [1.165, 1.54) is 11.3 Å². The van der Waals surface area contributed by atoms with E-state index in [-0.39, 0.29) is 5.91 Å². The fraction of sp³-hybridized carbons (Fsp3) is 0.318. The van der Waals surface area contributed by atoms with Crippen LogP contribution in [0.15, 0.2) is 55.2 Å². The highest BCUT2D eigenvalue weighted by Gasteiger charge is 2.16. The number of imidazole rings is 1. The van der Waals surface area contributed by atoms with Crippen LogP contribution in [0.1, 0.15) is 28.1 Å². The van der Waals surface area contributed by atoms with Gasteiger partial charge in [0, 0.05) is 61.5 Å². The lowest BCUT2D eigenvalue weighted by Gasteiger charge is -2.21. The molecule has 1 aliphatic heterocycles. The summed E-state index contributed by atoms with van der Waals surface area (Å²) in [7, 11) is 0. The molecular weight excluding hydrogens is 398 g/mol. The SMILES string of the molecule is O=C(NCc1ccc2nccn2c1)c1ccc(-c2cnn(CC3CCOCC3)c2)s1. The molecule has 1 fully saturated rings. The number of nitrogens with one attached hydrogen (secondary N) is 1. The van der Waals surface area contributed by atoms with Gasteiger partial charge in [0.25, 0.3) is 5.91 Å². The molecule has 4 aromatic rings. The van der Waals surface area contributed by atoms with Crippen molar-refractivity contribution >= 4 is 22.9 Å². The van der Waals surface area contributed by atoms with Gasteiger partial charge < -0.3 is 14.5 Å². The Balaban J connectivity index is 1.21. The molecule has 0 radical (unpaired) electrons. The summed E-state index contributed by atoms with van der Waals surface area (Å²) in [5.74, 6) is 0.560. The Bertz CT molecular complexity index is 1160. The van der Waals surface area contributed by atoms with Crippen molar-refractivity contribution in [2.24, 2.45) is 5.92 Å². The molecule has 0 aliphatic carbocycles. The number of carbonyl (C=O) groups excluding carboxylic acids is 1. The highest BCUT2D eigenvalue weighted by Crippen LogP contribution is 2.28. The van der Waals surface area contributed by atoms with Crippen molar-refractivity contribution in [1.82, 2.24) is 24.5 Å². The van der Waals surface area contributed by atoms with Crippen LogP contribution in [0, 0.1) is 5.92 Å². The minimum absolute atomic E-state index is 0.0634. The molecule has 8 heteroatoms. The Morgan fingerprint density at radius 3 is 3.00 bits per heavy atom. The monoisotopic (exact) mass is 421 g/mol. The number of hydrogen-bond acceptors (Lipinski definition) is 5. The third-order valence-electron chi connectivity index (χ3n) is 5.44. The number of amides is 1. The first kappa shape index (κ1) is 19.0. The van der Waals surface area contributed by atoms with Gasteiger partial charge in [-0.3, -0.25) is 9.48 Å². The number of fused-ring (bicyclic) bond motifs is 1. The minimum atomic E-state index is -0.0634. The number of carbonyl (C=O) groups is 1.